The number of anilines is 1. The monoisotopic (exact) mass is 274 g/mol. The smallest absolute Gasteiger partial charge is 0.310 e. The molecule has 3 heterocycles. The van der Waals surface area contributed by atoms with Crippen LogP contribution >= 0.6 is 0 Å². The van der Waals surface area contributed by atoms with E-state index in [0.29, 0.717) is 6.54 Å². The van der Waals surface area contributed by atoms with Gasteiger partial charge in [0.25, 0.3) is 0 Å². The first-order valence-corrected chi connectivity index (χ1v) is 6.70. The predicted octanol–water partition coefficient (Wildman–Crippen LogP) is 1.21. The van der Waals surface area contributed by atoms with Crippen LogP contribution in [0.15, 0.2) is 18.6 Å². The molecule has 0 amide bonds. The number of nitrogens with zero attached hydrogens (tertiary/aromatic N) is 4. The number of hydrogen-bond donors (Lipinski definition) is 0. The summed E-state index contributed by atoms with van der Waals surface area (Å²) in [6.45, 7) is 3.50. The standard InChI is InChI=1S/C14H18N4O2/c1-9-6-18(7-10(9)14(19)20-3)13-12-11(4-5-15-13)17(2)8-16-12/h4-5,8-10H,6-7H2,1-3H3. The molecule has 1 fully saturated rings. The topological polar surface area (TPSA) is 60.2 Å². The minimum atomic E-state index is -0.145. The van der Waals surface area contributed by atoms with Crippen LogP contribution in [0, 0.1) is 11.8 Å². The fourth-order valence-corrected chi connectivity index (χ4v) is 2.88. The lowest BCUT2D eigenvalue weighted by Crippen LogP contribution is -2.25. The Morgan fingerprint density at radius 1 is 1.40 bits per heavy atom. The summed E-state index contributed by atoms with van der Waals surface area (Å²) in [6, 6.07) is 1.95. The highest BCUT2D eigenvalue weighted by atomic mass is 16.5. The summed E-state index contributed by atoms with van der Waals surface area (Å²) >= 11 is 0. The van der Waals surface area contributed by atoms with E-state index in [0.717, 1.165) is 23.4 Å². The van der Waals surface area contributed by atoms with Crippen molar-refractivity contribution in [2.24, 2.45) is 18.9 Å². The highest BCUT2D eigenvalue weighted by Gasteiger charge is 2.36. The average molecular weight is 274 g/mol. The van der Waals surface area contributed by atoms with Gasteiger partial charge in [0.2, 0.25) is 0 Å². The second kappa shape index (κ2) is 4.77. The van der Waals surface area contributed by atoms with Gasteiger partial charge in [-0.2, -0.15) is 0 Å². The molecule has 2 aromatic heterocycles. The van der Waals surface area contributed by atoms with E-state index in [1.165, 1.54) is 7.11 Å². The Hall–Kier alpha value is -2.11. The number of methoxy groups -OCH3 is 1. The first kappa shape index (κ1) is 12.9. The van der Waals surface area contributed by atoms with Crippen molar-refractivity contribution in [3.63, 3.8) is 0 Å². The largest absolute Gasteiger partial charge is 0.469 e. The average Bonchev–Trinajstić information content (AvgIpc) is 3.02. The molecule has 0 aromatic carbocycles. The fourth-order valence-electron chi connectivity index (χ4n) is 2.88. The Balaban J connectivity index is 1.95. The Labute approximate surface area is 117 Å². The molecule has 106 valence electrons. The van der Waals surface area contributed by atoms with Crippen LogP contribution in [0.3, 0.4) is 0 Å². The van der Waals surface area contributed by atoms with Gasteiger partial charge in [0.1, 0.15) is 5.52 Å². The van der Waals surface area contributed by atoms with Crippen LogP contribution < -0.4 is 4.90 Å². The third-order valence-electron chi connectivity index (χ3n) is 4.04. The van der Waals surface area contributed by atoms with E-state index in [2.05, 4.69) is 21.8 Å². The van der Waals surface area contributed by atoms with E-state index in [1.807, 2.05) is 17.7 Å². The van der Waals surface area contributed by atoms with Crippen LogP contribution in [-0.4, -0.2) is 40.7 Å². The number of carbonyl (C=O) groups excluding carboxylic acids is 1. The molecule has 0 radical (unpaired) electrons. The van der Waals surface area contributed by atoms with E-state index >= 15 is 0 Å². The van der Waals surface area contributed by atoms with Crippen molar-refractivity contribution in [3.8, 4) is 0 Å². The van der Waals surface area contributed by atoms with Crippen LogP contribution in [-0.2, 0) is 16.6 Å². The van der Waals surface area contributed by atoms with Gasteiger partial charge in [0.15, 0.2) is 5.82 Å². The van der Waals surface area contributed by atoms with E-state index in [1.54, 1.807) is 12.5 Å². The first-order chi connectivity index (χ1) is 9.61. The molecule has 6 heteroatoms. The zero-order chi connectivity index (χ0) is 14.3. The summed E-state index contributed by atoms with van der Waals surface area (Å²) in [6.07, 6.45) is 3.57. The Kier molecular flexibility index (Phi) is 3.08. The summed E-state index contributed by atoms with van der Waals surface area (Å²) in [5.41, 5.74) is 1.93. The molecule has 2 aromatic rings. The minimum absolute atomic E-state index is 0.0965. The van der Waals surface area contributed by atoms with Crippen LogP contribution in [0.1, 0.15) is 6.92 Å². The number of pyridine rings is 1. The van der Waals surface area contributed by atoms with Crippen molar-refractivity contribution >= 4 is 22.8 Å². The maximum Gasteiger partial charge on any atom is 0.310 e. The number of imidazole rings is 1. The SMILES string of the molecule is COC(=O)C1CN(c2nccc3c2ncn3C)CC1C. The van der Waals surface area contributed by atoms with Crippen molar-refractivity contribution < 1.29 is 9.53 Å². The molecule has 1 aliphatic heterocycles. The van der Waals surface area contributed by atoms with Gasteiger partial charge in [-0.1, -0.05) is 6.92 Å². The summed E-state index contributed by atoms with van der Waals surface area (Å²) in [7, 11) is 3.40. The lowest BCUT2D eigenvalue weighted by atomic mass is 9.99. The van der Waals surface area contributed by atoms with Gasteiger partial charge >= 0.3 is 5.97 Å². The number of carbonyl (C=O) groups is 1. The minimum Gasteiger partial charge on any atom is -0.469 e. The maximum absolute atomic E-state index is 11.8. The molecular formula is C14H18N4O2. The lowest BCUT2D eigenvalue weighted by molar-refractivity contribution is -0.145. The molecule has 20 heavy (non-hydrogen) atoms. The second-order valence-corrected chi connectivity index (χ2v) is 5.37. The summed E-state index contributed by atoms with van der Waals surface area (Å²) in [5, 5.41) is 0. The number of fused-ring (bicyclic) bond motifs is 1. The first-order valence-electron chi connectivity index (χ1n) is 6.70. The molecule has 6 nitrogen and oxygen atoms in total. The molecule has 0 N–H and O–H groups in total. The summed E-state index contributed by atoms with van der Waals surface area (Å²) < 4.78 is 6.84. The number of rotatable bonds is 2. The fraction of sp³-hybridized carbons (Fsp3) is 0.500. The van der Waals surface area contributed by atoms with Crippen LogP contribution in [0.25, 0.3) is 11.0 Å². The number of ether oxygens (including phenoxy) is 1. The van der Waals surface area contributed by atoms with Gasteiger partial charge in [-0.15, -0.1) is 0 Å². The van der Waals surface area contributed by atoms with Gasteiger partial charge in [-0.3, -0.25) is 4.79 Å². The third kappa shape index (κ3) is 1.92. The van der Waals surface area contributed by atoms with Gasteiger partial charge in [0, 0.05) is 26.3 Å². The predicted molar refractivity (Wildman–Crippen MR) is 75.4 cm³/mol. The van der Waals surface area contributed by atoms with Gasteiger partial charge < -0.3 is 14.2 Å². The van der Waals surface area contributed by atoms with E-state index in [-0.39, 0.29) is 17.8 Å². The Morgan fingerprint density at radius 3 is 2.95 bits per heavy atom. The van der Waals surface area contributed by atoms with Crippen molar-refractivity contribution in [1.29, 1.82) is 0 Å². The van der Waals surface area contributed by atoms with Gasteiger partial charge in [0.05, 0.1) is 24.9 Å². The zero-order valence-electron chi connectivity index (χ0n) is 11.9. The molecule has 1 saturated heterocycles. The van der Waals surface area contributed by atoms with Crippen LogP contribution in [0.4, 0.5) is 5.82 Å². The second-order valence-electron chi connectivity index (χ2n) is 5.37. The lowest BCUT2D eigenvalue weighted by Gasteiger charge is -2.17. The van der Waals surface area contributed by atoms with Crippen molar-refractivity contribution in [1.82, 2.24) is 14.5 Å². The van der Waals surface area contributed by atoms with Crippen molar-refractivity contribution in [2.45, 2.75) is 6.92 Å². The molecule has 0 bridgehead atoms. The number of aryl methyl sites for hydroxylation is 1. The molecular weight excluding hydrogens is 256 g/mol. The molecule has 3 rings (SSSR count). The van der Waals surface area contributed by atoms with Gasteiger partial charge in [-0.25, -0.2) is 9.97 Å². The molecule has 2 unspecified atom stereocenters. The highest BCUT2D eigenvalue weighted by Crippen LogP contribution is 2.31. The van der Waals surface area contributed by atoms with Crippen molar-refractivity contribution in [3.05, 3.63) is 18.6 Å². The molecule has 0 spiro atoms. The number of aromatic nitrogens is 3. The molecule has 1 aliphatic rings. The van der Waals surface area contributed by atoms with E-state index in [4.69, 9.17) is 4.74 Å². The Morgan fingerprint density at radius 2 is 2.20 bits per heavy atom. The highest BCUT2D eigenvalue weighted by molar-refractivity contribution is 5.87. The normalized spacial score (nSPS) is 22.4. The molecule has 0 aliphatic carbocycles. The van der Waals surface area contributed by atoms with E-state index in [9.17, 15) is 4.79 Å². The molecule has 0 saturated carbocycles. The summed E-state index contributed by atoms with van der Waals surface area (Å²) in [5.74, 6) is 0.860. The van der Waals surface area contributed by atoms with Crippen molar-refractivity contribution in [2.75, 3.05) is 25.1 Å². The number of esters is 1. The zero-order valence-corrected chi connectivity index (χ0v) is 11.9. The van der Waals surface area contributed by atoms with Gasteiger partial charge in [-0.05, 0) is 12.0 Å². The number of hydrogen-bond acceptors (Lipinski definition) is 5. The third-order valence-corrected chi connectivity index (χ3v) is 4.04. The van der Waals surface area contributed by atoms with Crippen LogP contribution in [0.2, 0.25) is 0 Å². The van der Waals surface area contributed by atoms with E-state index < -0.39 is 0 Å². The quantitative estimate of drug-likeness (QED) is 0.770. The van der Waals surface area contributed by atoms with Crippen LogP contribution in [0.5, 0.6) is 0 Å². The molecule has 2 atom stereocenters. The maximum atomic E-state index is 11.8. The summed E-state index contributed by atoms with van der Waals surface area (Å²) in [4.78, 5) is 22.8. The Bertz CT molecular complexity index is 652.